The molecule has 0 aliphatic heterocycles. The number of rotatable bonds is 1. The Kier molecular flexibility index (Phi) is 1.55. The van der Waals surface area contributed by atoms with E-state index in [4.69, 9.17) is 9.63 Å². The van der Waals surface area contributed by atoms with Crippen molar-refractivity contribution in [1.82, 2.24) is 5.16 Å². The van der Waals surface area contributed by atoms with Gasteiger partial charge in [-0.1, -0.05) is 5.16 Å². The van der Waals surface area contributed by atoms with Crippen LogP contribution in [-0.4, -0.2) is 10.3 Å². The smallest absolute Gasteiger partial charge is 0.170 e. The molecule has 0 radical (unpaired) electrons. The molecule has 1 heterocycles. The van der Waals surface area contributed by atoms with Crippen LogP contribution >= 0.6 is 0 Å². The van der Waals surface area contributed by atoms with Gasteiger partial charge in [0.1, 0.15) is 11.5 Å². The van der Waals surface area contributed by atoms with Crippen molar-refractivity contribution in [2.45, 2.75) is 6.61 Å². The zero-order chi connectivity index (χ0) is 8.55. The summed E-state index contributed by atoms with van der Waals surface area (Å²) in [6.07, 6.45) is 0. The molecule has 2 rings (SSSR count). The molecule has 0 saturated carbocycles. The summed E-state index contributed by atoms with van der Waals surface area (Å²) in [5.74, 6) is -0.372. The molecule has 1 N–H and O–H groups in total. The van der Waals surface area contributed by atoms with Gasteiger partial charge in [0.05, 0.1) is 6.61 Å². The molecule has 1 aromatic carbocycles. The molecule has 0 spiro atoms. The van der Waals surface area contributed by atoms with Crippen LogP contribution in [0.4, 0.5) is 4.39 Å². The molecule has 1 aromatic heterocycles. The molecule has 4 heteroatoms. The Hall–Kier alpha value is -1.42. The lowest BCUT2D eigenvalue weighted by molar-refractivity contribution is 0.269. The summed E-state index contributed by atoms with van der Waals surface area (Å²) in [6, 6.07) is 4.08. The van der Waals surface area contributed by atoms with Crippen LogP contribution in [0, 0.1) is 5.82 Å². The number of nitrogens with zero attached hydrogens (tertiary/aromatic N) is 1. The van der Waals surface area contributed by atoms with Crippen LogP contribution in [0.1, 0.15) is 5.69 Å². The van der Waals surface area contributed by atoms with Gasteiger partial charge < -0.3 is 9.63 Å². The first kappa shape index (κ1) is 7.24. The molecular weight excluding hydrogens is 161 g/mol. The van der Waals surface area contributed by atoms with E-state index >= 15 is 0 Å². The average molecular weight is 167 g/mol. The lowest BCUT2D eigenvalue weighted by atomic mass is 10.2. The van der Waals surface area contributed by atoms with E-state index < -0.39 is 0 Å². The highest BCUT2D eigenvalue weighted by Gasteiger charge is 2.06. The maximum absolute atomic E-state index is 12.6. The quantitative estimate of drug-likeness (QED) is 0.699. The van der Waals surface area contributed by atoms with Gasteiger partial charge in [-0.3, -0.25) is 0 Å². The monoisotopic (exact) mass is 167 g/mol. The van der Waals surface area contributed by atoms with Crippen molar-refractivity contribution in [2.24, 2.45) is 0 Å². The van der Waals surface area contributed by atoms with Crippen LogP contribution in [0.15, 0.2) is 22.7 Å². The van der Waals surface area contributed by atoms with Crippen LogP contribution in [0.5, 0.6) is 0 Å². The first-order valence-electron chi connectivity index (χ1n) is 3.46. The number of benzene rings is 1. The lowest BCUT2D eigenvalue weighted by Crippen LogP contribution is -1.81. The highest BCUT2D eigenvalue weighted by Crippen LogP contribution is 2.18. The zero-order valence-electron chi connectivity index (χ0n) is 6.12. The van der Waals surface area contributed by atoms with Gasteiger partial charge in [0.25, 0.3) is 0 Å². The van der Waals surface area contributed by atoms with Gasteiger partial charge in [0.2, 0.25) is 0 Å². The fraction of sp³-hybridized carbons (Fsp3) is 0.125. The number of aromatic nitrogens is 1. The van der Waals surface area contributed by atoms with Crippen LogP contribution in [-0.2, 0) is 6.61 Å². The molecule has 2 aromatic rings. The van der Waals surface area contributed by atoms with Gasteiger partial charge in [0.15, 0.2) is 5.58 Å². The van der Waals surface area contributed by atoms with Crippen molar-refractivity contribution in [3.05, 3.63) is 29.7 Å². The fourth-order valence-corrected chi connectivity index (χ4v) is 1.08. The van der Waals surface area contributed by atoms with Gasteiger partial charge in [-0.2, -0.15) is 0 Å². The lowest BCUT2D eigenvalue weighted by Gasteiger charge is -1.88. The first-order chi connectivity index (χ1) is 5.81. The van der Waals surface area contributed by atoms with Gasteiger partial charge >= 0.3 is 0 Å². The van der Waals surface area contributed by atoms with E-state index in [1.165, 1.54) is 18.2 Å². The van der Waals surface area contributed by atoms with Crippen molar-refractivity contribution in [3.63, 3.8) is 0 Å². The van der Waals surface area contributed by atoms with Crippen molar-refractivity contribution in [1.29, 1.82) is 0 Å². The second-order valence-corrected chi connectivity index (χ2v) is 2.43. The van der Waals surface area contributed by atoms with E-state index in [1.807, 2.05) is 0 Å². The summed E-state index contributed by atoms with van der Waals surface area (Å²) in [6.45, 7) is -0.196. The standard InChI is InChI=1S/C8H6FNO2/c9-5-1-2-6-7(4-11)10-12-8(6)3-5/h1-3,11H,4H2. The van der Waals surface area contributed by atoms with E-state index in [9.17, 15) is 4.39 Å². The normalized spacial score (nSPS) is 10.8. The summed E-state index contributed by atoms with van der Waals surface area (Å²) >= 11 is 0. The summed E-state index contributed by atoms with van der Waals surface area (Å²) < 4.78 is 17.4. The Labute approximate surface area is 67.4 Å². The molecular formula is C8H6FNO2. The maximum Gasteiger partial charge on any atom is 0.170 e. The molecule has 0 atom stereocenters. The van der Waals surface area contributed by atoms with Gasteiger partial charge in [0, 0.05) is 11.5 Å². The third-order valence-corrected chi connectivity index (χ3v) is 1.66. The Bertz CT molecular complexity index is 410. The van der Waals surface area contributed by atoms with Crippen LogP contribution in [0.2, 0.25) is 0 Å². The molecule has 0 unspecified atom stereocenters. The minimum Gasteiger partial charge on any atom is -0.390 e. The molecule has 12 heavy (non-hydrogen) atoms. The summed E-state index contributed by atoms with van der Waals surface area (Å²) in [4.78, 5) is 0. The number of aliphatic hydroxyl groups excluding tert-OH is 1. The minimum absolute atomic E-state index is 0.196. The van der Waals surface area contributed by atoms with Crippen molar-refractivity contribution in [2.75, 3.05) is 0 Å². The topological polar surface area (TPSA) is 46.3 Å². The van der Waals surface area contributed by atoms with E-state index in [-0.39, 0.29) is 12.4 Å². The number of fused-ring (bicyclic) bond motifs is 1. The predicted octanol–water partition coefficient (Wildman–Crippen LogP) is 1.46. The molecule has 3 nitrogen and oxygen atoms in total. The molecule has 0 aliphatic carbocycles. The van der Waals surface area contributed by atoms with E-state index in [2.05, 4.69) is 5.16 Å². The van der Waals surface area contributed by atoms with Crippen molar-refractivity contribution < 1.29 is 14.0 Å². The van der Waals surface area contributed by atoms with E-state index in [0.717, 1.165) is 0 Å². The Balaban J connectivity index is 2.73. The number of hydrogen-bond donors (Lipinski definition) is 1. The van der Waals surface area contributed by atoms with Gasteiger partial charge in [-0.05, 0) is 12.1 Å². The summed E-state index contributed by atoms with van der Waals surface area (Å²) in [7, 11) is 0. The maximum atomic E-state index is 12.6. The second-order valence-electron chi connectivity index (χ2n) is 2.43. The van der Waals surface area contributed by atoms with Gasteiger partial charge in [-0.25, -0.2) is 4.39 Å². The Morgan fingerprint density at radius 1 is 1.50 bits per heavy atom. The molecule has 0 amide bonds. The van der Waals surface area contributed by atoms with E-state index in [0.29, 0.717) is 16.7 Å². The molecule has 0 fully saturated rings. The van der Waals surface area contributed by atoms with Crippen molar-refractivity contribution >= 4 is 11.0 Å². The highest BCUT2D eigenvalue weighted by atomic mass is 19.1. The highest BCUT2D eigenvalue weighted by molar-refractivity contribution is 5.79. The van der Waals surface area contributed by atoms with Crippen molar-refractivity contribution in [3.8, 4) is 0 Å². The second kappa shape index (κ2) is 2.57. The van der Waals surface area contributed by atoms with Crippen LogP contribution < -0.4 is 0 Å². The number of aliphatic hydroxyl groups is 1. The third-order valence-electron chi connectivity index (χ3n) is 1.66. The number of hydrogen-bond acceptors (Lipinski definition) is 3. The van der Waals surface area contributed by atoms with Crippen LogP contribution in [0.25, 0.3) is 11.0 Å². The molecule has 0 aliphatic rings. The summed E-state index contributed by atoms with van der Waals surface area (Å²) in [5.41, 5.74) is 0.795. The van der Waals surface area contributed by atoms with Gasteiger partial charge in [-0.15, -0.1) is 0 Å². The number of halogens is 1. The first-order valence-corrected chi connectivity index (χ1v) is 3.46. The molecule has 0 saturated heterocycles. The Morgan fingerprint density at radius 3 is 3.08 bits per heavy atom. The average Bonchev–Trinajstić information content (AvgIpc) is 2.46. The Morgan fingerprint density at radius 2 is 2.33 bits per heavy atom. The zero-order valence-corrected chi connectivity index (χ0v) is 6.12. The molecule has 62 valence electrons. The minimum atomic E-state index is -0.372. The SMILES string of the molecule is OCc1noc2cc(F)ccc12. The summed E-state index contributed by atoms with van der Waals surface area (Å²) in [5, 5.41) is 13.0. The third kappa shape index (κ3) is 0.967. The van der Waals surface area contributed by atoms with Crippen LogP contribution in [0.3, 0.4) is 0 Å². The molecule has 0 bridgehead atoms. The largest absolute Gasteiger partial charge is 0.390 e. The predicted molar refractivity (Wildman–Crippen MR) is 39.9 cm³/mol. The van der Waals surface area contributed by atoms with E-state index in [1.54, 1.807) is 0 Å². The fourth-order valence-electron chi connectivity index (χ4n) is 1.08.